The van der Waals surface area contributed by atoms with E-state index in [0.717, 1.165) is 5.56 Å². The summed E-state index contributed by atoms with van der Waals surface area (Å²) in [5, 5.41) is 14.4. The lowest BCUT2D eigenvalue weighted by Gasteiger charge is -2.44. The quantitative estimate of drug-likeness (QED) is 0.608. The molecule has 178 valence electrons. The summed E-state index contributed by atoms with van der Waals surface area (Å²) in [5.74, 6) is -6.32. The molecule has 2 aliphatic heterocycles. The maximum Gasteiger partial charge on any atom is 0.255 e. The van der Waals surface area contributed by atoms with Gasteiger partial charge in [-0.3, -0.25) is 19.9 Å². The Labute approximate surface area is 191 Å². The summed E-state index contributed by atoms with van der Waals surface area (Å²) in [6.45, 7) is 4.33. The van der Waals surface area contributed by atoms with Gasteiger partial charge in [0.1, 0.15) is 5.75 Å². The Bertz CT molecular complexity index is 976. The Morgan fingerprint density at radius 2 is 2.00 bits per heavy atom. The number of guanidine groups is 1. The Hall–Kier alpha value is -2.71. The number of nitrogens with one attached hydrogen (secondary N) is 3. The summed E-state index contributed by atoms with van der Waals surface area (Å²) in [6, 6.07) is 7.13. The Balaban J connectivity index is 1.31. The van der Waals surface area contributed by atoms with Gasteiger partial charge in [-0.2, -0.15) is 0 Å². The SMILES string of the molecule is CCC1(CC)CC(=O)N(C[C@H]2C(C(=O)N[C@H]3CCOc4ccccc43)C3C2C3(F)F)C(=N)N1. The number of alkyl halides is 2. The van der Waals surface area contributed by atoms with Crippen LogP contribution in [0.5, 0.6) is 5.75 Å². The number of ether oxygens (including phenoxy) is 1. The first-order valence-electron chi connectivity index (χ1n) is 11.8. The first kappa shape index (κ1) is 22.1. The van der Waals surface area contributed by atoms with Crippen LogP contribution in [0.3, 0.4) is 0 Å². The molecule has 0 aromatic heterocycles. The number of fused-ring (bicyclic) bond motifs is 2. The molecule has 1 aromatic rings. The van der Waals surface area contributed by atoms with E-state index in [1.807, 2.05) is 38.1 Å². The van der Waals surface area contributed by atoms with Crippen molar-refractivity contribution in [3.8, 4) is 5.75 Å². The highest BCUT2D eigenvalue weighted by Gasteiger charge is 2.84. The zero-order valence-corrected chi connectivity index (χ0v) is 18.9. The van der Waals surface area contributed by atoms with Gasteiger partial charge < -0.3 is 15.4 Å². The molecule has 2 amide bonds. The number of nitrogens with zero attached hydrogens (tertiary/aromatic N) is 1. The van der Waals surface area contributed by atoms with Gasteiger partial charge in [-0.1, -0.05) is 32.0 Å². The normalized spacial score (nSPS) is 33.1. The number of amides is 2. The van der Waals surface area contributed by atoms with Crippen LogP contribution in [0.4, 0.5) is 8.78 Å². The van der Waals surface area contributed by atoms with Crippen LogP contribution in [0.15, 0.2) is 24.3 Å². The Kier molecular flexibility index (Phi) is 5.14. The fraction of sp³-hybridized carbons (Fsp3) is 0.625. The van der Waals surface area contributed by atoms with Crippen molar-refractivity contribution in [1.29, 1.82) is 5.41 Å². The average Bonchev–Trinajstić information content (AvgIpc) is 3.27. The van der Waals surface area contributed by atoms with Crippen LogP contribution in [-0.4, -0.2) is 47.3 Å². The van der Waals surface area contributed by atoms with Crippen molar-refractivity contribution in [3.63, 3.8) is 0 Å². The third-order valence-electron chi connectivity index (χ3n) is 8.24. The molecule has 4 aliphatic rings. The van der Waals surface area contributed by atoms with Gasteiger partial charge in [0.2, 0.25) is 11.8 Å². The summed E-state index contributed by atoms with van der Waals surface area (Å²) in [5.41, 5.74) is 0.378. The van der Waals surface area contributed by atoms with Gasteiger partial charge in [0, 0.05) is 35.9 Å². The molecule has 0 radical (unpaired) electrons. The molecule has 0 spiro atoms. The molecule has 3 N–H and O–H groups in total. The van der Waals surface area contributed by atoms with Crippen molar-refractivity contribution in [2.45, 2.75) is 57.0 Å². The number of carbonyl (C=O) groups excluding carboxylic acids is 2. The molecule has 0 bridgehead atoms. The minimum atomic E-state index is -2.90. The van der Waals surface area contributed by atoms with E-state index in [4.69, 9.17) is 10.1 Å². The summed E-state index contributed by atoms with van der Waals surface area (Å²) in [4.78, 5) is 27.3. The highest BCUT2D eigenvalue weighted by molar-refractivity contribution is 5.99. The van der Waals surface area contributed by atoms with Gasteiger partial charge in [0.05, 0.1) is 25.0 Å². The Morgan fingerprint density at radius 1 is 1.27 bits per heavy atom. The van der Waals surface area contributed by atoms with E-state index < -0.39 is 41.0 Å². The molecular formula is C24H30F2N4O3. The summed E-state index contributed by atoms with van der Waals surface area (Å²) < 4.78 is 34.6. The van der Waals surface area contributed by atoms with E-state index in [9.17, 15) is 18.4 Å². The lowest BCUT2D eigenvalue weighted by Crippen LogP contribution is -2.63. The van der Waals surface area contributed by atoms with E-state index in [-0.39, 0.29) is 30.9 Å². The van der Waals surface area contributed by atoms with Crippen LogP contribution in [0.1, 0.15) is 51.1 Å². The van der Waals surface area contributed by atoms with Crippen molar-refractivity contribution < 1.29 is 23.1 Å². The van der Waals surface area contributed by atoms with E-state index in [2.05, 4.69) is 10.6 Å². The summed E-state index contributed by atoms with van der Waals surface area (Å²) >= 11 is 0. The molecule has 2 heterocycles. The second-order valence-electron chi connectivity index (χ2n) is 9.79. The van der Waals surface area contributed by atoms with Crippen LogP contribution in [0.25, 0.3) is 0 Å². The number of hydrogen-bond donors (Lipinski definition) is 3. The number of carbonyl (C=O) groups is 2. The molecule has 9 heteroatoms. The van der Waals surface area contributed by atoms with Crippen LogP contribution >= 0.6 is 0 Å². The predicted molar refractivity (Wildman–Crippen MR) is 117 cm³/mol. The molecule has 5 rings (SSSR count). The minimum Gasteiger partial charge on any atom is -0.493 e. The largest absolute Gasteiger partial charge is 0.493 e. The number of hydrogen-bond acceptors (Lipinski definition) is 4. The van der Waals surface area contributed by atoms with Crippen LogP contribution in [0.2, 0.25) is 0 Å². The minimum absolute atomic E-state index is 0.0343. The molecule has 2 saturated carbocycles. The standard InChI is InChI=1S/C24H30F2N4O3/c1-3-23(4-2)11-17(31)30(22(27)29-23)12-14-18(20-19(14)24(20,25)26)21(32)28-15-9-10-33-16-8-6-5-7-13(15)16/h5-8,14-15,18-20H,3-4,9-12H2,1-2H3,(H2,27,29)(H,28,32)/t14-,15-,18?,19?,20?/m0/s1. The van der Waals surface area contributed by atoms with Crippen molar-refractivity contribution in [2.24, 2.45) is 23.7 Å². The van der Waals surface area contributed by atoms with Gasteiger partial charge in [0.25, 0.3) is 5.92 Å². The van der Waals surface area contributed by atoms with E-state index in [0.29, 0.717) is 31.6 Å². The molecule has 5 atom stereocenters. The van der Waals surface area contributed by atoms with E-state index in [1.54, 1.807) is 0 Å². The first-order chi connectivity index (χ1) is 15.7. The topological polar surface area (TPSA) is 94.5 Å². The zero-order chi connectivity index (χ0) is 23.5. The van der Waals surface area contributed by atoms with Gasteiger partial charge in [-0.25, -0.2) is 8.78 Å². The Morgan fingerprint density at radius 3 is 2.70 bits per heavy atom. The highest BCUT2D eigenvalue weighted by Crippen LogP contribution is 2.73. The van der Waals surface area contributed by atoms with Gasteiger partial charge >= 0.3 is 0 Å². The molecule has 7 nitrogen and oxygen atoms in total. The number of rotatable bonds is 6. The number of para-hydroxylation sites is 1. The third-order valence-corrected chi connectivity index (χ3v) is 8.24. The molecular weight excluding hydrogens is 430 g/mol. The smallest absolute Gasteiger partial charge is 0.255 e. The van der Waals surface area contributed by atoms with Crippen LogP contribution in [-0.2, 0) is 9.59 Å². The monoisotopic (exact) mass is 460 g/mol. The van der Waals surface area contributed by atoms with Gasteiger partial charge in [0.15, 0.2) is 5.96 Å². The lowest BCUT2D eigenvalue weighted by atomic mass is 9.72. The summed E-state index contributed by atoms with van der Waals surface area (Å²) in [6.07, 6.45) is 2.17. The molecule has 33 heavy (non-hydrogen) atoms. The van der Waals surface area contributed by atoms with Gasteiger partial charge in [-0.15, -0.1) is 0 Å². The fourth-order valence-corrected chi connectivity index (χ4v) is 6.03. The maximum absolute atomic E-state index is 14.5. The van der Waals surface area contributed by atoms with Crippen molar-refractivity contribution in [3.05, 3.63) is 29.8 Å². The van der Waals surface area contributed by atoms with Crippen molar-refractivity contribution in [2.75, 3.05) is 13.2 Å². The highest BCUT2D eigenvalue weighted by atomic mass is 19.3. The van der Waals surface area contributed by atoms with E-state index in [1.165, 1.54) is 4.90 Å². The molecule has 2 aliphatic carbocycles. The summed E-state index contributed by atoms with van der Waals surface area (Å²) in [7, 11) is 0. The molecule has 1 aromatic carbocycles. The van der Waals surface area contributed by atoms with Crippen LogP contribution < -0.4 is 15.4 Å². The third kappa shape index (κ3) is 3.38. The maximum atomic E-state index is 14.5. The number of halogens is 2. The molecule has 3 unspecified atom stereocenters. The number of benzene rings is 1. The molecule has 3 fully saturated rings. The second-order valence-corrected chi connectivity index (χ2v) is 9.79. The van der Waals surface area contributed by atoms with Crippen molar-refractivity contribution >= 4 is 17.8 Å². The molecule has 1 saturated heterocycles. The predicted octanol–water partition coefficient (Wildman–Crippen LogP) is 3.07. The van der Waals surface area contributed by atoms with E-state index >= 15 is 0 Å². The second kappa shape index (κ2) is 7.67. The lowest BCUT2D eigenvalue weighted by molar-refractivity contribution is -0.137. The van der Waals surface area contributed by atoms with Gasteiger partial charge in [-0.05, 0) is 24.8 Å². The average molecular weight is 461 g/mol. The zero-order valence-electron chi connectivity index (χ0n) is 18.9. The van der Waals surface area contributed by atoms with Crippen molar-refractivity contribution in [1.82, 2.24) is 15.5 Å². The fourth-order valence-electron chi connectivity index (χ4n) is 6.03. The van der Waals surface area contributed by atoms with Crippen LogP contribution in [0, 0.1) is 29.1 Å². The first-order valence-corrected chi connectivity index (χ1v) is 11.8.